The van der Waals surface area contributed by atoms with Crippen molar-refractivity contribution in [3.8, 4) is 0 Å². The van der Waals surface area contributed by atoms with Gasteiger partial charge in [-0.25, -0.2) is 0 Å². The normalized spacial score (nSPS) is 24.1. The van der Waals surface area contributed by atoms with E-state index in [1.807, 2.05) is 20.8 Å². The zero-order valence-corrected chi connectivity index (χ0v) is 13.4. The lowest BCUT2D eigenvalue weighted by molar-refractivity contribution is -0.136. The Kier molecular flexibility index (Phi) is 4.51. The second kappa shape index (κ2) is 5.98. The van der Waals surface area contributed by atoms with Gasteiger partial charge in [0, 0.05) is 24.2 Å². The highest BCUT2D eigenvalue weighted by Gasteiger charge is 2.34. The number of nitrogens with one attached hydrogen (secondary N) is 1. The molecule has 1 aromatic heterocycles. The van der Waals surface area contributed by atoms with Crippen LogP contribution in [0, 0.1) is 25.7 Å². The Morgan fingerprint density at radius 1 is 1.50 bits per heavy atom. The van der Waals surface area contributed by atoms with Crippen LogP contribution >= 0.6 is 0 Å². The minimum Gasteiger partial charge on any atom is -0.339 e. The summed E-state index contributed by atoms with van der Waals surface area (Å²) in [5.41, 5.74) is 3.30. The number of hydrogen-bond donors (Lipinski definition) is 1. The molecule has 0 aliphatic carbocycles. The topological polar surface area (TPSA) is 49.0 Å². The van der Waals surface area contributed by atoms with Crippen LogP contribution in [-0.4, -0.2) is 33.6 Å². The molecule has 1 aromatic rings. The van der Waals surface area contributed by atoms with Gasteiger partial charge in [0.15, 0.2) is 0 Å². The molecule has 0 radical (unpaired) electrons. The molecule has 0 bridgehead atoms. The Labute approximate surface area is 121 Å². The van der Waals surface area contributed by atoms with Crippen LogP contribution in [0.3, 0.4) is 0 Å². The van der Waals surface area contributed by atoms with Crippen molar-refractivity contribution in [2.45, 2.75) is 59.9 Å². The molecule has 1 aliphatic rings. The third-order valence-corrected chi connectivity index (χ3v) is 4.59. The number of aryl methyl sites for hydroxylation is 2. The van der Waals surface area contributed by atoms with Crippen molar-refractivity contribution in [1.29, 1.82) is 0 Å². The first-order chi connectivity index (χ1) is 9.43. The van der Waals surface area contributed by atoms with Crippen molar-refractivity contribution in [3.63, 3.8) is 0 Å². The van der Waals surface area contributed by atoms with Crippen LogP contribution in [0.25, 0.3) is 0 Å². The summed E-state index contributed by atoms with van der Waals surface area (Å²) in [5.74, 6) is 0.971. The Morgan fingerprint density at radius 3 is 2.75 bits per heavy atom. The standard InChI is InChI=1S/C16H27N3O/c1-6-14-7-10(2)9-19(14)16(20)11(3)8-15-12(4)17-18-13(15)5/h10-11,14H,6-9H2,1-5H3,(H,17,18)/t10-,11-,14+/m0/s1. The maximum absolute atomic E-state index is 12.7. The third-order valence-electron chi connectivity index (χ3n) is 4.59. The van der Waals surface area contributed by atoms with Crippen LogP contribution in [0.2, 0.25) is 0 Å². The van der Waals surface area contributed by atoms with E-state index < -0.39 is 0 Å². The number of likely N-dealkylation sites (tertiary alicyclic amines) is 1. The smallest absolute Gasteiger partial charge is 0.225 e. The van der Waals surface area contributed by atoms with E-state index in [4.69, 9.17) is 0 Å². The van der Waals surface area contributed by atoms with Gasteiger partial charge in [-0.3, -0.25) is 9.89 Å². The maximum atomic E-state index is 12.7. The van der Waals surface area contributed by atoms with Gasteiger partial charge in [0.2, 0.25) is 5.91 Å². The summed E-state index contributed by atoms with van der Waals surface area (Å²) in [7, 11) is 0. The zero-order chi connectivity index (χ0) is 14.9. The number of carbonyl (C=O) groups is 1. The molecule has 4 nitrogen and oxygen atoms in total. The van der Waals surface area contributed by atoms with Crippen molar-refractivity contribution in [2.24, 2.45) is 11.8 Å². The van der Waals surface area contributed by atoms with E-state index in [1.165, 1.54) is 5.56 Å². The number of carbonyl (C=O) groups excluding carboxylic acids is 1. The van der Waals surface area contributed by atoms with E-state index in [-0.39, 0.29) is 5.92 Å². The molecule has 1 N–H and O–H groups in total. The van der Waals surface area contributed by atoms with Gasteiger partial charge in [-0.15, -0.1) is 0 Å². The number of nitrogens with zero attached hydrogens (tertiary/aromatic N) is 2. The van der Waals surface area contributed by atoms with Crippen molar-refractivity contribution in [2.75, 3.05) is 6.54 Å². The van der Waals surface area contributed by atoms with Gasteiger partial charge in [-0.2, -0.15) is 5.10 Å². The Morgan fingerprint density at radius 2 is 2.20 bits per heavy atom. The highest BCUT2D eigenvalue weighted by atomic mass is 16.2. The molecule has 20 heavy (non-hydrogen) atoms. The number of H-pyrrole nitrogens is 1. The first kappa shape index (κ1) is 15.1. The van der Waals surface area contributed by atoms with Gasteiger partial charge >= 0.3 is 0 Å². The maximum Gasteiger partial charge on any atom is 0.225 e. The van der Waals surface area contributed by atoms with E-state index in [2.05, 4.69) is 28.9 Å². The molecule has 1 saturated heterocycles. The molecule has 1 aliphatic heterocycles. The summed E-state index contributed by atoms with van der Waals surface area (Å²) in [6.07, 6.45) is 3.00. The molecule has 0 aromatic carbocycles. The van der Waals surface area contributed by atoms with Crippen LogP contribution in [0.5, 0.6) is 0 Å². The first-order valence-electron chi connectivity index (χ1n) is 7.74. The summed E-state index contributed by atoms with van der Waals surface area (Å²) in [6.45, 7) is 11.4. The Hall–Kier alpha value is -1.32. The molecule has 2 heterocycles. The average molecular weight is 277 g/mol. The molecule has 0 spiro atoms. The molecule has 3 atom stereocenters. The van der Waals surface area contributed by atoms with Crippen molar-refractivity contribution in [1.82, 2.24) is 15.1 Å². The van der Waals surface area contributed by atoms with E-state index in [0.29, 0.717) is 17.9 Å². The summed E-state index contributed by atoms with van der Waals surface area (Å²) in [4.78, 5) is 14.8. The van der Waals surface area contributed by atoms with E-state index >= 15 is 0 Å². The fourth-order valence-electron chi connectivity index (χ4n) is 3.36. The molecular weight excluding hydrogens is 250 g/mol. The largest absolute Gasteiger partial charge is 0.339 e. The predicted octanol–water partition coefficient (Wildman–Crippen LogP) is 2.85. The van der Waals surface area contributed by atoms with E-state index in [1.54, 1.807) is 0 Å². The van der Waals surface area contributed by atoms with Gasteiger partial charge in [-0.05, 0) is 44.6 Å². The summed E-state index contributed by atoms with van der Waals surface area (Å²) in [5, 5.41) is 7.22. The van der Waals surface area contributed by atoms with Gasteiger partial charge in [0.1, 0.15) is 0 Å². The fraction of sp³-hybridized carbons (Fsp3) is 0.750. The molecule has 4 heteroatoms. The minimum absolute atomic E-state index is 0.0318. The van der Waals surface area contributed by atoms with Crippen LogP contribution in [0.15, 0.2) is 0 Å². The number of aromatic amines is 1. The van der Waals surface area contributed by atoms with Crippen LogP contribution in [0.1, 0.15) is 50.6 Å². The molecular formula is C16H27N3O. The van der Waals surface area contributed by atoms with Gasteiger partial charge in [0.05, 0.1) is 5.69 Å². The van der Waals surface area contributed by atoms with Crippen molar-refractivity contribution >= 4 is 5.91 Å². The SMILES string of the molecule is CC[C@@H]1C[C@H](C)CN1C(=O)[C@@H](C)Cc1c(C)n[nH]c1C. The lowest BCUT2D eigenvalue weighted by Gasteiger charge is -2.27. The second-order valence-electron chi connectivity index (χ2n) is 6.41. The number of amides is 1. The number of rotatable bonds is 4. The summed E-state index contributed by atoms with van der Waals surface area (Å²) >= 11 is 0. The average Bonchev–Trinajstić information content (AvgIpc) is 2.94. The second-order valence-corrected chi connectivity index (χ2v) is 6.41. The molecule has 0 unspecified atom stereocenters. The zero-order valence-electron chi connectivity index (χ0n) is 13.4. The lowest BCUT2D eigenvalue weighted by Crippen LogP contribution is -2.39. The van der Waals surface area contributed by atoms with E-state index in [0.717, 1.165) is 37.2 Å². The molecule has 1 fully saturated rings. The van der Waals surface area contributed by atoms with Crippen molar-refractivity contribution < 1.29 is 4.79 Å². The molecule has 2 rings (SSSR count). The third kappa shape index (κ3) is 2.89. The van der Waals surface area contributed by atoms with E-state index in [9.17, 15) is 4.79 Å². The first-order valence-corrected chi connectivity index (χ1v) is 7.74. The van der Waals surface area contributed by atoms with Gasteiger partial charge in [-0.1, -0.05) is 20.8 Å². The lowest BCUT2D eigenvalue weighted by atomic mass is 9.98. The van der Waals surface area contributed by atoms with Crippen molar-refractivity contribution in [3.05, 3.63) is 17.0 Å². The monoisotopic (exact) mass is 277 g/mol. The highest BCUT2D eigenvalue weighted by molar-refractivity contribution is 5.79. The van der Waals surface area contributed by atoms with Crippen LogP contribution in [-0.2, 0) is 11.2 Å². The Bertz CT molecular complexity index is 461. The number of aromatic nitrogens is 2. The summed E-state index contributed by atoms with van der Waals surface area (Å²) in [6, 6.07) is 0.437. The van der Waals surface area contributed by atoms with Gasteiger partial charge in [0.25, 0.3) is 0 Å². The van der Waals surface area contributed by atoms with Crippen LogP contribution < -0.4 is 0 Å². The predicted molar refractivity (Wildman–Crippen MR) is 80.5 cm³/mol. The van der Waals surface area contributed by atoms with Crippen LogP contribution in [0.4, 0.5) is 0 Å². The minimum atomic E-state index is 0.0318. The molecule has 1 amide bonds. The quantitative estimate of drug-likeness (QED) is 0.920. The molecule has 112 valence electrons. The number of hydrogen-bond acceptors (Lipinski definition) is 2. The highest BCUT2D eigenvalue weighted by Crippen LogP contribution is 2.27. The van der Waals surface area contributed by atoms with Gasteiger partial charge < -0.3 is 4.90 Å². The molecule has 0 saturated carbocycles. The summed E-state index contributed by atoms with van der Waals surface area (Å²) < 4.78 is 0. The Balaban J connectivity index is 2.05. The fourth-order valence-corrected chi connectivity index (χ4v) is 3.36.